The van der Waals surface area contributed by atoms with E-state index >= 15 is 0 Å². The molecule has 35 heavy (non-hydrogen) atoms. The number of fused-ring (bicyclic) bond motifs is 2. The van der Waals surface area contributed by atoms with Crippen LogP contribution in [0, 0.1) is 0 Å². The molecule has 3 aromatic heterocycles. The molecule has 5 aromatic rings. The average molecular weight is 477 g/mol. The van der Waals surface area contributed by atoms with Crippen LogP contribution < -0.4 is 4.90 Å². The number of H-pyrrole nitrogens is 2. The monoisotopic (exact) mass is 477 g/mol. The molecule has 0 atom stereocenters. The second-order valence-electron chi connectivity index (χ2n) is 8.82. The van der Waals surface area contributed by atoms with Gasteiger partial charge in [-0.1, -0.05) is 0 Å². The fourth-order valence-electron chi connectivity index (χ4n) is 4.38. The van der Waals surface area contributed by atoms with Gasteiger partial charge in [0.25, 0.3) is 0 Å². The lowest BCUT2D eigenvalue weighted by Crippen LogP contribution is -2.44. The van der Waals surface area contributed by atoms with Crippen LogP contribution in [0.15, 0.2) is 54.7 Å². The number of rotatable bonds is 3. The van der Waals surface area contributed by atoms with Crippen LogP contribution in [0.2, 0.25) is 0 Å². The van der Waals surface area contributed by atoms with Crippen LogP contribution in [0.5, 0.6) is 0 Å². The fourth-order valence-corrected chi connectivity index (χ4v) is 4.38. The maximum absolute atomic E-state index is 12.8. The summed E-state index contributed by atoms with van der Waals surface area (Å²) in [6.45, 7) is 4.08. The summed E-state index contributed by atoms with van der Waals surface area (Å²) in [5.74, 6) is 1.15. The molecular weight excluding hydrogens is 455 g/mol. The Morgan fingerprint density at radius 3 is 2.20 bits per heavy atom. The van der Waals surface area contributed by atoms with Crippen molar-refractivity contribution < 1.29 is 13.2 Å². The highest BCUT2D eigenvalue weighted by atomic mass is 19.4. The maximum atomic E-state index is 12.8. The van der Waals surface area contributed by atoms with E-state index in [0.29, 0.717) is 17.0 Å². The molecule has 4 heterocycles. The number of piperazine rings is 1. The highest BCUT2D eigenvalue weighted by Crippen LogP contribution is 2.31. The number of benzene rings is 2. The van der Waals surface area contributed by atoms with E-state index in [4.69, 9.17) is 4.98 Å². The van der Waals surface area contributed by atoms with Crippen molar-refractivity contribution in [3.05, 3.63) is 60.3 Å². The number of hydrogen-bond donors (Lipinski definition) is 2. The molecule has 0 amide bonds. The van der Waals surface area contributed by atoms with Gasteiger partial charge in [-0.25, -0.2) is 9.97 Å². The van der Waals surface area contributed by atoms with Crippen molar-refractivity contribution in [3.8, 4) is 22.9 Å². The number of pyridine rings is 1. The molecule has 2 aromatic carbocycles. The van der Waals surface area contributed by atoms with E-state index in [1.165, 1.54) is 11.8 Å². The molecule has 178 valence electrons. The molecule has 0 bridgehead atoms. The number of nitrogens with zero attached hydrogens (tertiary/aromatic N) is 5. The summed E-state index contributed by atoms with van der Waals surface area (Å²) in [5, 5.41) is 0. The van der Waals surface area contributed by atoms with Gasteiger partial charge in [0.05, 0.1) is 27.6 Å². The van der Waals surface area contributed by atoms with Crippen molar-refractivity contribution in [2.75, 3.05) is 38.1 Å². The van der Waals surface area contributed by atoms with Crippen LogP contribution in [0.1, 0.15) is 5.56 Å². The van der Waals surface area contributed by atoms with Crippen molar-refractivity contribution >= 4 is 27.8 Å². The zero-order chi connectivity index (χ0) is 24.2. The smallest absolute Gasteiger partial charge is 0.369 e. The highest BCUT2D eigenvalue weighted by molar-refractivity contribution is 5.86. The summed E-state index contributed by atoms with van der Waals surface area (Å²) in [7, 11) is 2.14. The second kappa shape index (κ2) is 8.09. The molecule has 0 aliphatic carbocycles. The molecule has 0 spiro atoms. The quantitative estimate of drug-likeness (QED) is 0.385. The number of likely N-dealkylation sites (N-methyl/N-ethyl adjacent to an activating group) is 1. The lowest BCUT2D eigenvalue weighted by atomic mass is 10.2. The van der Waals surface area contributed by atoms with Crippen molar-refractivity contribution in [1.29, 1.82) is 0 Å². The van der Waals surface area contributed by atoms with E-state index in [9.17, 15) is 13.2 Å². The Kier molecular flexibility index (Phi) is 4.99. The zero-order valence-electron chi connectivity index (χ0n) is 18.9. The summed E-state index contributed by atoms with van der Waals surface area (Å²) in [6.07, 6.45) is -3.61. The van der Waals surface area contributed by atoms with Gasteiger partial charge in [-0.2, -0.15) is 13.2 Å². The lowest BCUT2D eigenvalue weighted by Gasteiger charge is -2.34. The van der Waals surface area contributed by atoms with Crippen molar-refractivity contribution in [2.24, 2.45) is 0 Å². The standard InChI is InChI=1S/C25H22F3N7/c1-34-8-10-35(11-9-34)17-4-7-19-22(13-17)32-23(30-19)15-2-5-18-21(12-15)33-24(31-18)20-6-3-16(14-29-20)25(26,27)28/h2-7,12-14H,8-11H2,1H3,(H,30,32)(H,31,33). The molecule has 1 fully saturated rings. The molecule has 0 radical (unpaired) electrons. The first-order chi connectivity index (χ1) is 16.8. The summed E-state index contributed by atoms with van der Waals surface area (Å²) in [6, 6.07) is 14.3. The Labute approximate surface area is 198 Å². The molecule has 10 heteroatoms. The van der Waals surface area contributed by atoms with Crippen molar-refractivity contribution in [1.82, 2.24) is 29.8 Å². The van der Waals surface area contributed by atoms with Gasteiger partial charge in [0.1, 0.15) is 11.5 Å². The van der Waals surface area contributed by atoms with Crippen molar-refractivity contribution in [3.63, 3.8) is 0 Å². The lowest BCUT2D eigenvalue weighted by molar-refractivity contribution is -0.137. The predicted molar refractivity (Wildman–Crippen MR) is 129 cm³/mol. The van der Waals surface area contributed by atoms with Crippen LogP contribution >= 0.6 is 0 Å². The van der Waals surface area contributed by atoms with Gasteiger partial charge >= 0.3 is 6.18 Å². The minimum atomic E-state index is -4.42. The van der Waals surface area contributed by atoms with E-state index < -0.39 is 11.7 Å². The Hall–Kier alpha value is -3.92. The van der Waals surface area contributed by atoms with E-state index in [1.54, 1.807) is 0 Å². The summed E-state index contributed by atoms with van der Waals surface area (Å²) in [4.78, 5) is 24.5. The zero-order valence-corrected chi connectivity index (χ0v) is 18.9. The molecule has 7 nitrogen and oxygen atoms in total. The Balaban J connectivity index is 1.29. The van der Waals surface area contributed by atoms with Crippen molar-refractivity contribution in [2.45, 2.75) is 6.18 Å². The number of halogens is 3. The SMILES string of the molecule is CN1CCN(c2ccc3nc(-c4ccc5nc(-c6ccc(C(F)(F)F)cn6)[nH]c5c4)[nH]c3c2)CC1. The average Bonchev–Trinajstić information content (AvgIpc) is 3.47. The third-order valence-electron chi connectivity index (χ3n) is 6.42. The maximum Gasteiger partial charge on any atom is 0.417 e. The van der Waals surface area contributed by atoms with Gasteiger partial charge in [0, 0.05) is 43.6 Å². The number of imidazole rings is 2. The molecule has 2 N–H and O–H groups in total. The molecule has 0 unspecified atom stereocenters. The molecule has 1 aliphatic heterocycles. The van der Waals surface area contributed by atoms with E-state index in [2.05, 4.69) is 48.9 Å². The van der Waals surface area contributed by atoms with Gasteiger partial charge in [-0.3, -0.25) is 4.98 Å². The minimum Gasteiger partial charge on any atom is -0.369 e. The van der Waals surface area contributed by atoms with Crippen LogP contribution in [0.3, 0.4) is 0 Å². The summed E-state index contributed by atoms with van der Waals surface area (Å²) in [5.41, 5.74) is 4.91. The van der Waals surface area contributed by atoms with Gasteiger partial charge in [0.15, 0.2) is 5.82 Å². The Bertz CT molecular complexity index is 1510. The van der Waals surface area contributed by atoms with Crippen LogP contribution in [-0.4, -0.2) is 63.0 Å². The van der Waals surface area contributed by atoms with E-state index in [-0.39, 0.29) is 0 Å². The van der Waals surface area contributed by atoms with Gasteiger partial charge in [-0.05, 0) is 55.6 Å². The molecule has 1 saturated heterocycles. The number of hydrogen-bond acceptors (Lipinski definition) is 5. The first kappa shape index (κ1) is 21.6. The molecule has 0 saturated carbocycles. The number of aromatic nitrogens is 5. The molecule has 6 rings (SSSR count). The Morgan fingerprint density at radius 2 is 1.49 bits per heavy atom. The summed E-state index contributed by atoms with van der Waals surface area (Å²) < 4.78 is 38.5. The fraction of sp³-hybridized carbons (Fsp3) is 0.240. The van der Waals surface area contributed by atoms with Crippen LogP contribution in [0.4, 0.5) is 18.9 Å². The Morgan fingerprint density at radius 1 is 0.800 bits per heavy atom. The first-order valence-electron chi connectivity index (χ1n) is 11.3. The van der Waals surface area contributed by atoms with E-state index in [0.717, 1.165) is 66.4 Å². The normalized spacial score (nSPS) is 15.4. The first-order valence-corrected chi connectivity index (χ1v) is 11.3. The van der Waals surface area contributed by atoms with Crippen LogP contribution in [-0.2, 0) is 6.18 Å². The number of nitrogens with one attached hydrogen (secondary N) is 2. The van der Waals surface area contributed by atoms with Gasteiger partial charge < -0.3 is 19.8 Å². The topological polar surface area (TPSA) is 76.7 Å². The van der Waals surface area contributed by atoms with Gasteiger partial charge in [0.2, 0.25) is 0 Å². The van der Waals surface area contributed by atoms with Crippen LogP contribution in [0.25, 0.3) is 45.0 Å². The predicted octanol–water partition coefficient (Wildman–Crippen LogP) is 4.94. The molecular formula is C25H22F3N7. The third kappa shape index (κ3) is 4.10. The number of aromatic amines is 2. The highest BCUT2D eigenvalue weighted by Gasteiger charge is 2.30. The van der Waals surface area contributed by atoms with E-state index in [1.807, 2.05) is 24.3 Å². The molecule has 1 aliphatic rings. The second-order valence-corrected chi connectivity index (χ2v) is 8.82. The number of anilines is 1. The minimum absolute atomic E-state index is 0.343. The third-order valence-corrected chi connectivity index (χ3v) is 6.42. The largest absolute Gasteiger partial charge is 0.417 e. The number of alkyl halides is 3. The van der Waals surface area contributed by atoms with Gasteiger partial charge in [-0.15, -0.1) is 0 Å². The summed E-state index contributed by atoms with van der Waals surface area (Å²) >= 11 is 0.